The fourth-order valence-corrected chi connectivity index (χ4v) is 1.50. The number of allylic oxidation sites excluding steroid dienone is 1. The van der Waals surface area contributed by atoms with E-state index in [-0.39, 0.29) is 5.92 Å². The second-order valence-electron chi connectivity index (χ2n) is 4.06. The first kappa shape index (κ1) is 11.0. The van der Waals surface area contributed by atoms with E-state index in [9.17, 15) is 5.11 Å². The van der Waals surface area contributed by atoms with Gasteiger partial charge in [-0.2, -0.15) is 0 Å². The Balaban J connectivity index is 3.13. The number of benzene rings is 1. The molecule has 1 atom stereocenters. The summed E-state index contributed by atoms with van der Waals surface area (Å²) in [6.45, 7) is 9.91. The van der Waals surface area contributed by atoms with Gasteiger partial charge in [0.1, 0.15) is 0 Å². The van der Waals surface area contributed by atoms with Crippen molar-refractivity contribution >= 4 is 5.57 Å². The van der Waals surface area contributed by atoms with Gasteiger partial charge in [0.25, 0.3) is 0 Å². The standard InChI is InChI=1S/C13H18O/c1-9(2)11-7-5-6-8-12(11)13(14)10(3)4/h5-8,10,13-14H,1H2,2-4H3. The van der Waals surface area contributed by atoms with E-state index in [1.165, 1.54) is 0 Å². The molecule has 0 radical (unpaired) electrons. The van der Waals surface area contributed by atoms with Crippen LogP contribution in [0.1, 0.15) is 38.0 Å². The molecule has 1 N–H and O–H groups in total. The van der Waals surface area contributed by atoms with E-state index in [2.05, 4.69) is 6.58 Å². The quantitative estimate of drug-likeness (QED) is 0.774. The van der Waals surface area contributed by atoms with E-state index in [1.807, 2.05) is 45.0 Å². The second kappa shape index (κ2) is 4.43. The summed E-state index contributed by atoms with van der Waals surface area (Å²) in [5.74, 6) is 0.232. The zero-order chi connectivity index (χ0) is 10.7. The van der Waals surface area contributed by atoms with Crippen LogP contribution in [0.3, 0.4) is 0 Å². The fraction of sp³-hybridized carbons (Fsp3) is 0.385. The Morgan fingerprint density at radius 2 is 1.86 bits per heavy atom. The number of rotatable bonds is 3. The summed E-state index contributed by atoms with van der Waals surface area (Å²) in [6, 6.07) is 7.89. The summed E-state index contributed by atoms with van der Waals surface area (Å²) in [7, 11) is 0. The van der Waals surface area contributed by atoms with Crippen LogP contribution < -0.4 is 0 Å². The Bertz CT molecular complexity index is 326. The average Bonchev–Trinajstić information content (AvgIpc) is 2.16. The van der Waals surface area contributed by atoms with E-state index in [4.69, 9.17) is 0 Å². The molecule has 1 aromatic carbocycles. The summed E-state index contributed by atoms with van der Waals surface area (Å²) >= 11 is 0. The first-order chi connectivity index (χ1) is 6.54. The summed E-state index contributed by atoms with van der Waals surface area (Å²) in [6.07, 6.45) is -0.400. The highest BCUT2D eigenvalue weighted by Gasteiger charge is 2.15. The van der Waals surface area contributed by atoms with Gasteiger partial charge in [-0.3, -0.25) is 0 Å². The van der Waals surface area contributed by atoms with Gasteiger partial charge in [-0.25, -0.2) is 0 Å². The van der Waals surface area contributed by atoms with Crippen molar-refractivity contribution in [2.24, 2.45) is 5.92 Å². The summed E-state index contributed by atoms with van der Waals surface area (Å²) in [5, 5.41) is 9.99. The molecule has 0 bridgehead atoms. The lowest BCUT2D eigenvalue weighted by molar-refractivity contribution is 0.126. The van der Waals surface area contributed by atoms with Crippen molar-refractivity contribution < 1.29 is 5.11 Å². The summed E-state index contributed by atoms with van der Waals surface area (Å²) in [4.78, 5) is 0. The maximum Gasteiger partial charge on any atom is 0.0818 e. The van der Waals surface area contributed by atoms with Crippen LogP contribution in [0.2, 0.25) is 0 Å². The van der Waals surface area contributed by atoms with Crippen molar-refractivity contribution in [3.63, 3.8) is 0 Å². The third-order valence-corrected chi connectivity index (χ3v) is 2.37. The minimum atomic E-state index is -0.400. The maximum atomic E-state index is 9.99. The molecule has 14 heavy (non-hydrogen) atoms. The number of hydrogen-bond acceptors (Lipinski definition) is 1. The van der Waals surface area contributed by atoms with Crippen molar-refractivity contribution in [1.29, 1.82) is 0 Å². The fourth-order valence-electron chi connectivity index (χ4n) is 1.50. The number of hydrogen-bond donors (Lipinski definition) is 1. The van der Waals surface area contributed by atoms with Crippen molar-refractivity contribution in [3.8, 4) is 0 Å². The van der Waals surface area contributed by atoms with Crippen LogP contribution in [0, 0.1) is 5.92 Å². The van der Waals surface area contributed by atoms with Gasteiger partial charge in [-0.05, 0) is 24.0 Å². The highest BCUT2D eigenvalue weighted by molar-refractivity contribution is 5.64. The molecule has 0 heterocycles. The molecule has 1 heteroatoms. The van der Waals surface area contributed by atoms with Gasteiger partial charge in [-0.1, -0.05) is 50.3 Å². The van der Waals surface area contributed by atoms with Crippen LogP contribution in [0.5, 0.6) is 0 Å². The molecule has 1 unspecified atom stereocenters. The minimum absolute atomic E-state index is 0.232. The average molecular weight is 190 g/mol. The molecule has 0 spiro atoms. The summed E-state index contributed by atoms with van der Waals surface area (Å²) < 4.78 is 0. The summed E-state index contributed by atoms with van der Waals surface area (Å²) in [5.41, 5.74) is 3.05. The maximum absolute atomic E-state index is 9.99. The first-order valence-corrected chi connectivity index (χ1v) is 4.97. The van der Waals surface area contributed by atoms with Gasteiger partial charge in [0.15, 0.2) is 0 Å². The molecule has 0 saturated heterocycles. The topological polar surface area (TPSA) is 20.2 Å². The van der Waals surface area contributed by atoms with Gasteiger partial charge in [0, 0.05) is 0 Å². The highest BCUT2D eigenvalue weighted by Crippen LogP contribution is 2.27. The number of aliphatic hydroxyl groups excluding tert-OH is 1. The Labute approximate surface area is 86.1 Å². The van der Waals surface area contributed by atoms with Crippen LogP contribution >= 0.6 is 0 Å². The molecule has 0 saturated carbocycles. The molecule has 0 aliphatic carbocycles. The second-order valence-corrected chi connectivity index (χ2v) is 4.06. The van der Waals surface area contributed by atoms with E-state index in [0.29, 0.717) is 0 Å². The molecule has 0 amide bonds. The third-order valence-electron chi connectivity index (χ3n) is 2.37. The largest absolute Gasteiger partial charge is 0.388 e. The van der Waals surface area contributed by atoms with E-state index >= 15 is 0 Å². The van der Waals surface area contributed by atoms with Crippen LogP contribution in [-0.2, 0) is 0 Å². The number of aliphatic hydroxyl groups is 1. The van der Waals surface area contributed by atoms with Crippen molar-refractivity contribution in [2.75, 3.05) is 0 Å². The molecule has 1 aromatic rings. The monoisotopic (exact) mass is 190 g/mol. The van der Waals surface area contributed by atoms with Crippen molar-refractivity contribution in [1.82, 2.24) is 0 Å². The van der Waals surface area contributed by atoms with Crippen LogP contribution in [-0.4, -0.2) is 5.11 Å². The lowest BCUT2D eigenvalue weighted by Crippen LogP contribution is -2.07. The molecule has 0 aromatic heterocycles. The molecule has 76 valence electrons. The molecular formula is C13H18O. The van der Waals surface area contributed by atoms with Crippen LogP contribution in [0.15, 0.2) is 30.8 Å². The Hall–Kier alpha value is -1.08. The SMILES string of the molecule is C=C(C)c1ccccc1C(O)C(C)C. The lowest BCUT2D eigenvalue weighted by Gasteiger charge is -2.18. The Kier molecular flexibility index (Phi) is 3.48. The normalized spacial score (nSPS) is 12.9. The molecule has 0 aliphatic heterocycles. The van der Waals surface area contributed by atoms with Gasteiger partial charge >= 0.3 is 0 Å². The van der Waals surface area contributed by atoms with E-state index in [1.54, 1.807) is 0 Å². The first-order valence-electron chi connectivity index (χ1n) is 4.97. The predicted octanol–water partition coefficient (Wildman–Crippen LogP) is 3.41. The minimum Gasteiger partial charge on any atom is -0.388 e. The molecule has 0 aliphatic rings. The van der Waals surface area contributed by atoms with Crippen molar-refractivity contribution in [3.05, 3.63) is 42.0 Å². The lowest BCUT2D eigenvalue weighted by atomic mass is 9.92. The zero-order valence-electron chi connectivity index (χ0n) is 9.12. The molecule has 1 rings (SSSR count). The van der Waals surface area contributed by atoms with Crippen molar-refractivity contribution in [2.45, 2.75) is 26.9 Å². The van der Waals surface area contributed by atoms with Gasteiger partial charge in [0.05, 0.1) is 6.10 Å². The molecule has 0 fully saturated rings. The van der Waals surface area contributed by atoms with Gasteiger partial charge in [-0.15, -0.1) is 0 Å². The molecule has 1 nitrogen and oxygen atoms in total. The highest BCUT2D eigenvalue weighted by atomic mass is 16.3. The Morgan fingerprint density at radius 3 is 2.36 bits per heavy atom. The van der Waals surface area contributed by atoms with Gasteiger partial charge < -0.3 is 5.11 Å². The zero-order valence-corrected chi connectivity index (χ0v) is 9.12. The molecular weight excluding hydrogens is 172 g/mol. The third kappa shape index (κ3) is 2.24. The smallest absolute Gasteiger partial charge is 0.0818 e. The van der Waals surface area contributed by atoms with E-state index in [0.717, 1.165) is 16.7 Å². The Morgan fingerprint density at radius 1 is 1.29 bits per heavy atom. The van der Waals surface area contributed by atoms with E-state index < -0.39 is 6.10 Å². The van der Waals surface area contributed by atoms with Gasteiger partial charge in [0.2, 0.25) is 0 Å². The van der Waals surface area contributed by atoms with Crippen LogP contribution in [0.4, 0.5) is 0 Å². The predicted molar refractivity (Wildman–Crippen MR) is 60.9 cm³/mol. The van der Waals surface area contributed by atoms with Crippen LogP contribution in [0.25, 0.3) is 5.57 Å².